The van der Waals surface area contributed by atoms with Gasteiger partial charge in [0.2, 0.25) is 0 Å². The molecule has 1 atom stereocenters. The lowest BCUT2D eigenvalue weighted by molar-refractivity contribution is -0.0253. The first-order chi connectivity index (χ1) is 10.3. The van der Waals surface area contributed by atoms with Crippen molar-refractivity contribution >= 4 is 11.6 Å². The third-order valence-corrected chi connectivity index (χ3v) is 4.40. The molecule has 116 valence electrons. The van der Waals surface area contributed by atoms with Gasteiger partial charge in [-0.25, -0.2) is 0 Å². The van der Waals surface area contributed by atoms with Crippen LogP contribution >= 0.6 is 11.6 Å². The first-order valence-corrected chi connectivity index (χ1v) is 8.13. The van der Waals surface area contributed by atoms with Gasteiger partial charge in [0.15, 0.2) is 0 Å². The Morgan fingerprint density at radius 1 is 1.38 bits per heavy atom. The second-order valence-electron chi connectivity index (χ2n) is 5.67. The zero-order valence-electron chi connectivity index (χ0n) is 12.5. The Balaban J connectivity index is 1.54. The molecule has 0 aromatic heterocycles. The zero-order chi connectivity index (χ0) is 14.7. The summed E-state index contributed by atoms with van der Waals surface area (Å²) in [5.74, 6) is 1.02. The number of fused-ring (bicyclic) bond motifs is 1. The van der Waals surface area contributed by atoms with E-state index in [4.69, 9.17) is 21.1 Å². The zero-order valence-corrected chi connectivity index (χ0v) is 13.3. The minimum Gasteiger partial charge on any atom is -0.493 e. The third kappa shape index (κ3) is 3.69. The number of benzene rings is 1. The Bertz CT molecular complexity index is 495. The second kappa shape index (κ2) is 6.97. The molecule has 2 heterocycles. The van der Waals surface area contributed by atoms with Gasteiger partial charge in [-0.2, -0.15) is 0 Å². The van der Waals surface area contributed by atoms with E-state index in [1.807, 2.05) is 12.1 Å². The predicted molar refractivity (Wildman–Crippen MR) is 84.2 cm³/mol. The average Bonchev–Trinajstić information content (AvgIpc) is 2.95. The number of halogens is 1. The van der Waals surface area contributed by atoms with Gasteiger partial charge in [0.25, 0.3) is 0 Å². The van der Waals surface area contributed by atoms with Crippen molar-refractivity contribution in [3.05, 3.63) is 28.3 Å². The lowest BCUT2D eigenvalue weighted by Gasteiger charge is -2.32. The van der Waals surface area contributed by atoms with Crippen molar-refractivity contribution in [3.63, 3.8) is 0 Å². The third-order valence-electron chi connectivity index (χ3n) is 4.18. The number of likely N-dealkylation sites (N-methyl/N-ethyl adjacent to an activating group) is 1. The fourth-order valence-electron chi connectivity index (χ4n) is 3.04. The van der Waals surface area contributed by atoms with Gasteiger partial charge in [-0.1, -0.05) is 18.5 Å². The minimum absolute atomic E-state index is 0.270. The summed E-state index contributed by atoms with van der Waals surface area (Å²) in [6.45, 7) is 8.57. The first kappa shape index (κ1) is 15.1. The van der Waals surface area contributed by atoms with E-state index >= 15 is 0 Å². The van der Waals surface area contributed by atoms with Gasteiger partial charge in [-0.05, 0) is 24.2 Å². The highest BCUT2D eigenvalue weighted by Crippen LogP contribution is 2.32. The minimum atomic E-state index is 0.270. The number of ether oxygens (including phenoxy) is 2. The maximum absolute atomic E-state index is 6.18. The molecule has 0 spiro atoms. The molecule has 5 heteroatoms. The SMILES string of the molecule is CCN1CCOC(CNCc2cc(Cl)cc3c2OCC3)C1. The molecule has 0 radical (unpaired) electrons. The van der Waals surface area contributed by atoms with E-state index in [0.717, 1.165) is 68.7 Å². The highest BCUT2D eigenvalue weighted by molar-refractivity contribution is 6.30. The summed E-state index contributed by atoms with van der Waals surface area (Å²) >= 11 is 6.18. The molecule has 1 unspecified atom stereocenters. The molecule has 1 saturated heterocycles. The van der Waals surface area contributed by atoms with Crippen LogP contribution in [0, 0.1) is 0 Å². The van der Waals surface area contributed by atoms with Crippen LogP contribution in [0.2, 0.25) is 5.02 Å². The van der Waals surface area contributed by atoms with Crippen LogP contribution in [0.25, 0.3) is 0 Å². The van der Waals surface area contributed by atoms with Crippen LogP contribution < -0.4 is 10.1 Å². The molecule has 1 aromatic rings. The van der Waals surface area contributed by atoms with Crippen molar-refractivity contribution in [3.8, 4) is 5.75 Å². The van der Waals surface area contributed by atoms with E-state index in [2.05, 4.69) is 17.1 Å². The van der Waals surface area contributed by atoms with Gasteiger partial charge in [0.1, 0.15) is 5.75 Å². The molecule has 0 bridgehead atoms. The number of hydrogen-bond acceptors (Lipinski definition) is 4. The van der Waals surface area contributed by atoms with E-state index in [1.165, 1.54) is 5.56 Å². The molecular weight excluding hydrogens is 288 g/mol. The van der Waals surface area contributed by atoms with Gasteiger partial charge in [-0.15, -0.1) is 0 Å². The topological polar surface area (TPSA) is 33.7 Å². The first-order valence-electron chi connectivity index (χ1n) is 7.75. The van der Waals surface area contributed by atoms with Crippen LogP contribution in [0.15, 0.2) is 12.1 Å². The average molecular weight is 311 g/mol. The van der Waals surface area contributed by atoms with Crippen molar-refractivity contribution in [2.75, 3.05) is 39.4 Å². The molecule has 3 rings (SSSR count). The Morgan fingerprint density at radius 3 is 3.14 bits per heavy atom. The molecule has 2 aliphatic heterocycles. The number of hydrogen-bond donors (Lipinski definition) is 1. The summed E-state index contributed by atoms with van der Waals surface area (Å²) in [5.41, 5.74) is 2.38. The van der Waals surface area contributed by atoms with Gasteiger partial charge < -0.3 is 14.8 Å². The van der Waals surface area contributed by atoms with Crippen molar-refractivity contribution in [2.24, 2.45) is 0 Å². The molecule has 1 aromatic carbocycles. The van der Waals surface area contributed by atoms with Crippen molar-refractivity contribution in [2.45, 2.75) is 26.0 Å². The highest BCUT2D eigenvalue weighted by atomic mass is 35.5. The van der Waals surface area contributed by atoms with E-state index in [1.54, 1.807) is 0 Å². The molecule has 1 fully saturated rings. The summed E-state index contributed by atoms with van der Waals surface area (Å²) in [5, 5.41) is 4.28. The maximum atomic E-state index is 6.18. The van der Waals surface area contributed by atoms with Crippen LogP contribution in [0.3, 0.4) is 0 Å². The van der Waals surface area contributed by atoms with Gasteiger partial charge >= 0.3 is 0 Å². The lowest BCUT2D eigenvalue weighted by atomic mass is 10.1. The van der Waals surface area contributed by atoms with Crippen molar-refractivity contribution < 1.29 is 9.47 Å². The summed E-state index contributed by atoms with van der Waals surface area (Å²) in [6, 6.07) is 4.01. The van der Waals surface area contributed by atoms with Gasteiger partial charge in [-0.3, -0.25) is 4.90 Å². The fraction of sp³-hybridized carbons (Fsp3) is 0.625. The van der Waals surface area contributed by atoms with E-state index < -0.39 is 0 Å². The second-order valence-corrected chi connectivity index (χ2v) is 6.10. The standard InChI is InChI=1S/C16H23ClN2O2/c1-2-19-4-6-20-15(11-19)10-18-9-13-8-14(17)7-12-3-5-21-16(12)13/h7-8,15,18H,2-6,9-11H2,1H3. The number of rotatable bonds is 5. The van der Waals surface area contributed by atoms with Crippen molar-refractivity contribution in [1.82, 2.24) is 10.2 Å². The number of nitrogens with zero attached hydrogens (tertiary/aromatic N) is 1. The van der Waals surface area contributed by atoms with E-state index in [-0.39, 0.29) is 6.10 Å². The Labute approximate surface area is 131 Å². The normalized spacial score (nSPS) is 22.1. The van der Waals surface area contributed by atoms with Gasteiger partial charge in [0, 0.05) is 43.2 Å². The smallest absolute Gasteiger partial charge is 0.127 e. The van der Waals surface area contributed by atoms with Gasteiger partial charge in [0.05, 0.1) is 19.3 Å². The van der Waals surface area contributed by atoms with Crippen molar-refractivity contribution in [1.29, 1.82) is 0 Å². The van der Waals surface area contributed by atoms with Crippen LogP contribution in [0.1, 0.15) is 18.1 Å². The summed E-state index contributed by atoms with van der Waals surface area (Å²) in [6.07, 6.45) is 1.23. The van der Waals surface area contributed by atoms with Crippen LogP contribution in [-0.2, 0) is 17.7 Å². The summed E-state index contributed by atoms with van der Waals surface area (Å²) in [4.78, 5) is 2.43. The quantitative estimate of drug-likeness (QED) is 0.903. The van der Waals surface area contributed by atoms with Crippen LogP contribution in [0.4, 0.5) is 0 Å². The Hall–Kier alpha value is -0.810. The Kier molecular flexibility index (Phi) is 5.01. The molecule has 21 heavy (non-hydrogen) atoms. The number of morpholine rings is 1. The van der Waals surface area contributed by atoms with Crippen LogP contribution in [0.5, 0.6) is 5.75 Å². The lowest BCUT2D eigenvalue weighted by Crippen LogP contribution is -2.46. The maximum Gasteiger partial charge on any atom is 0.127 e. The predicted octanol–water partition coefficient (Wildman–Crippen LogP) is 2.09. The molecule has 0 amide bonds. The molecule has 0 saturated carbocycles. The molecule has 2 aliphatic rings. The molecule has 1 N–H and O–H groups in total. The highest BCUT2D eigenvalue weighted by Gasteiger charge is 2.20. The Morgan fingerprint density at radius 2 is 2.29 bits per heavy atom. The van der Waals surface area contributed by atoms with Crippen LogP contribution in [-0.4, -0.2) is 50.4 Å². The molecule has 4 nitrogen and oxygen atoms in total. The molecular formula is C16H23ClN2O2. The monoisotopic (exact) mass is 310 g/mol. The number of nitrogens with one attached hydrogen (secondary N) is 1. The van der Waals surface area contributed by atoms with E-state index in [9.17, 15) is 0 Å². The fourth-order valence-corrected chi connectivity index (χ4v) is 3.30. The summed E-state index contributed by atoms with van der Waals surface area (Å²) < 4.78 is 11.5. The summed E-state index contributed by atoms with van der Waals surface area (Å²) in [7, 11) is 0. The largest absolute Gasteiger partial charge is 0.493 e. The molecule has 0 aliphatic carbocycles. The van der Waals surface area contributed by atoms with E-state index in [0.29, 0.717) is 0 Å².